The first-order chi connectivity index (χ1) is 9.80. The summed E-state index contributed by atoms with van der Waals surface area (Å²) in [6, 6.07) is 0. The Kier molecular flexibility index (Phi) is 6.16. The normalized spacial score (nSPS) is 11.0. The smallest absolute Gasteiger partial charge is 0.350 e. The zero-order valence-electron chi connectivity index (χ0n) is 12.0. The van der Waals surface area contributed by atoms with Gasteiger partial charge in [-0.3, -0.25) is 9.52 Å². The molecule has 0 aliphatic heterocycles. The summed E-state index contributed by atoms with van der Waals surface area (Å²) in [4.78, 5) is 22.7. The first-order valence-electron chi connectivity index (χ1n) is 6.04. The molecule has 1 rings (SSSR count). The van der Waals surface area contributed by atoms with Gasteiger partial charge in [-0.05, 0) is 24.3 Å². The minimum atomic E-state index is -3.65. The van der Waals surface area contributed by atoms with Gasteiger partial charge in [-0.15, -0.1) is 11.3 Å². The minimum Gasteiger partial charge on any atom is -0.469 e. The van der Waals surface area contributed by atoms with E-state index in [0.717, 1.165) is 11.3 Å². The summed E-state index contributed by atoms with van der Waals surface area (Å²) < 4.78 is 35.4. The third-order valence-electron chi connectivity index (χ3n) is 2.62. The largest absolute Gasteiger partial charge is 0.469 e. The first-order valence-corrected chi connectivity index (χ1v) is 8.57. The van der Waals surface area contributed by atoms with Crippen LogP contribution in [-0.2, 0) is 24.3 Å². The highest BCUT2D eigenvalue weighted by Crippen LogP contribution is 2.29. The van der Waals surface area contributed by atoms with Gasteiger partial charge in [0.15, 0.2) is 0 Å². The first kappa shape index (κ1) is 17.4. The Morgan fingerprint density at radius 3 is 2.52 bits per heavy atom. The third kappa shape index (κ3) is 5.01. The Morgan fingerprint density at radius 1 is 1.29 bits per heavy atom. The molecule has 1 N–H and O–H groups in total. The second-order valence-corrected chi connectivity index (χ2v) is 6.94. The van der Waals surface area contributed by atoms with E-state index in [9.17, 15) is 18.0 Å². The van der Waals surface area contributed by atoms with Gasteiger partial charge in [0, 0.05) is 6.42 Å². The van der Waals surface area contributed by atoms with E-state index >= 15 is 0 Å². The molecule has 0 saturated heterocycles. The van der Waals surface area contributed by atoms with E-state index in [2.05, 4.69) is 14.2 Å². The van der Waals surface area contributed by atoms with E-state index in [1.54, 1.807) is 12.3 Å². The number of carbonyl (C=O) groups is 2. The number of sulfonamides is 1. The number of hydrogen-bond acceptors (Lipinski definition) is 7. The van der Waals surface area contributed by atoms with Gasteiger partial charge in [-0.2, -0.15) is 0 Å². The lowest BCUT2D eigenvalue weighted by molar-refractivity contribution is -0.140. The van der Waals surface area contributed by atoms with Crippen LogP contribution in [-0.4, -0.2) is 40.3 Å². The van der Waals surface area contributed by atoms with Crippen molar-refractivity contribution in [3.8, 4) is 0 Å². The number of thiophene rings is 1. The van der Waals surface area contributed by atoms with E-state index in [0.29, 0.717) is 5.56 Å². The summed E-state index contributed by atoms with van der Waals surface area (Å²) in [5.41, 5.74) is 0.863. The van der Waals surface area contributed by atoms with E-state index < -0.39 is 22.0 Å². The average Bonchev–Trinajstić information content (AvgIpc) is 2.78. The number of esters is 2. The van der Waals surface area contributed by atoms with E-state index in [1.807, 2.05) is 0 Å². The van der Waals surface area contributed by atoms with Crippen LogP contribution >= 0.6 is 11.3 Å². The Morgan fingerprint density at radius 2 is 1.95 bits per heavy atom. The highest BCUT2D eigenvalue weighted by Gasteiger charge is 2.21. The van der Waals surface area contributed by atoms with Crippen molar-refractivity contribution in [3.05, 3.63) is 15.8 Å². The second kappa shape index (κ2) is 7.41. The van der Waals surface area contributed by atoms with E-state index in [4.69, 9.17) is 0 Å². The number of hydrogen-bond donors (Lipinski definition) is 1. The van der Waals surface area contributed by atoms with Crippen LogP contribution < -0.4 is 4.72 Å². The summed E-state index contributed by atoms with van der Waals surface area (Å²) in [5, 5.41) is 1.67. The number of carbonyl (C=O) groups excluding carboxylic acids is 2. The fourth-order valence-corrected chi connectivity index (χ4v) is 3.72. The van der Waals surface area contributed by atoms with Crippen LogP contribution in [0.3, 0.4) is 0 Å². The Hall–Kier alpha value is -1.61. The molecule has 9 heteroatoms. The maximum atomic E-state index is 12.0. The lowest BCUT2D eigenvalue weighted by Gasteiger charge is -2.09. The summed E-state index contributed by atoms with van der Waals surface area (Å²) >= 11 is 1.11. The zero-order chi connectivity index (χ0) is 16.0. The minimum absolute atomic E-state index is 0.0177. The molecule has 0 aliphatic rings. The van der Waals surface area contributed by atoms with Gasteiger partial charge in [-0.1, -0.05) is 0 Å². The standard InChI is InChI=1S/C12H17NO6S2/c1-8-7-20-11(12(15)19-3)10(8)13-21(16,17)6-4-5-9(14)18-2/h7,13H,4-6H2,1-3H3. The summed E-state index contributed by atoms with van der Waals surface area (Å²) in [6.45, 7) is 1.69. The number of nitrogens with one attached hydrogen (secondary N) is 1. The van der Waals surface area contributed by atoms with Crippen LogP contribution in [0.25, 0.3) is 0 Å². The molecule has 7 nitrogen and oxygen atoms in total. The maximum Gasteiger partial charge on any atom is 0.350 e. The SMILES string of the molecule is COC(=O)CCCS(=O)(=O)Nc1c(C)csc1C(=O)OC. The fourth-order valence-electron chi connectivity index (χ4n) is 1.53. The van der Waals surface area contributed by atoms with Crippen LogP contribution in [0.5, 0.6) is 0 Å². The molecule has 1 heterocycles. The van der Waals surface area contributed by atoms with Gasteiger partial charge in [0.05, 0.1) is 25.7 Å². The van der Waals surface area contributed by atoms with Gasteiger partial charge in [0.25, 0.3) is 0 Å². The highest BCUT2D eigenvalue weighted by molar-refractivity contribution is 7.92. The molecule has 0 amide bonds. The zero-order valence-corrected chi connectivity index (χ0v) is 13.6. The van der Waals surface area contributed by atoms with Crippen molar-refractivity contribution in [1.82, 2.24) is 0 Å². The van der Waals surface area contributed by atoms with Crippen molar-refractivity contribution in [2.24, 2.45) is 0 Å². The molecule has 0 atom stereocenters. The molecule has 0 unspecified atom stereocenters. The number of ether oxygens (including phenoxy) is 2. The summed E-state index contributed by atoms with van der Waals surface area (Å²) in [5.74, 6) is -1.30. The Bertz CT molecular complexity index is 620. The summed E-state index contributed by atoms with van der Waals surface area (Å²) in [6.07, 6.45) is 0.155. The van der Waals surface area contributed by atoms with Gasteiger partial charge in [0.2, 0.25) is 10.0 Å². The number of anilines is 1. The molecule has 118 valence electrons. The van der Waals surface area contributed by atoms with Crippen molar-refractivity contribution in [2.45, 2.75) is 19.8 Å². The number of methoxy groups -OCH3 is 2. The predicted octanol–water partition coefficient (Wildman–Crippen LogP) is 1.54. The van der Waals surface area contributed by atoms with Crippen molar-refractivity contribution in [1.29, 1.82) is 0 Å². The molecule has 0 bridgehead atoms. The molecule has 0 saturated carbocycles. The molecular formula is C12H17NO6S2. The molecule has 1 aromatic heterocycles. The summed E-state index contributed by atoms with van der Waals surface area (Å²) in [7, 11) is -1.18. The third-order valence-corrected chi connectivity index (χ3v) is 5.04. The van der Waals surface area contributed by atoms with Crippen LogP contribution in [0.4, 0.5) is 5.69 Å². The van der Waals surface area contributed by atoms with Crippen LogP contribution in [0.1, 0.15) is 28.1 Å². The molecule has 0 aromatic carbocycles. The van der Waals surface area contributed by atoms with Crippen molar-refractivity contribution >= 4 is 39.0 Å². The van der Waals surface area contributed by atoms with Gasteiger partial charge >= 0.3 is 11.9 Å². The lowest BCUT2D eigenvalue weighted by atomic mass is 10.3. The van der Waals surface area contributed by atoms with Crippen LogP contribution in [0.15, 0.2) is 5.38 Å². The average molecular weight is 335 g/mol. The Labute approximate surface area is 127 Å². The lowest BCUT2D eigenvalue weighted by Crippen LogP contribution is -2.19. The number of aryl methyl sites for hydroxylation is 1. The van der Waals surface area contributed by atoms with Crippen molar-refractivity contribution < 1.29 is 27.5 Å². The van der Waals surface area contributed by atoms with Gasteiger partial charge in [0.1, 0.15) is 4.88 Å². The van der Waals surface area contributed by atoms with E-state index in [1.165, 1.54) is 14.2 Å². The predicted molar refractivity (Wildman–Crippen MR) is 79.1 cm³/mol. The maximum absolute atomic E-state index is 12.0. The van der Waals surface area contributed by atoms with Gasteiger partial charge < -0.3 is 9.47 Å². The molecule has 21 heavy (non-hydrogen) atoms. The monoisotopic (exact) mass is 335 g/mol. The van der Waals surface area contributed by atoms with Crippen LogP contribution in [0.2, 0.25) is 0 Å². The molecule has 1 aromatic rings. The fraction of sp³-hybridized carbons (Fsp3) is 0.500. The van der Waals surface area contributed by atoms with Gasteiger partial charge in [-0.25, -0.2) is 13.2 Å². The number of rotatable bonds is 7. The van der Waals surface area contributed by atoms with Crippen molar-refractivity contribution in [2.75, 3.05) is 24.7 Å². The highest BCUT2D eigenvalue weighted by atomic mass is 32.2. The molecule has 0 aliphatic carbocycles. The topological polar surface area (TPSA) is 98.8 Å². The van der Waals surface area contributed by atoms with Crippen LogP contribution in [0, 0.1) is 6.92 Å². The quantitative estimate of drug-likeness (QED) is 0.759. The van der Waals surface area contributed by atoms with E-state index in [-0.39, 0.29) is 29.2 Å². The molecule has 0 radical (unpaired) electrons. The second-order valence-electron chi connectivity index (χ2n) is 4.22. The molecule has 0 spiro atoms. The molecule has 0 fully saturated rings. The Balaban J connectivity index is 2.78. The van der Waals surface area contributed by atoms with Crippen molar-refractivity contribution in [3.63, 3.8) is 0 Å². The molecular weight excluding hydrogens is 318 g/mol.